The van der Waals surface area contributed by atoms with Gasteiger partial charge in [0.05, 0.1) is 11.4 Å². The van der Waals surface area contributed by atoms with Crippen molar-refractivity contribution in [3.63, 3.8) is 0 Å². The highest BCUT2D eigenvalue weighted by Crippen LogP contribution is 2.31. The molecule has 1 aliphatic rings. The average Bonchev–Trinajstić information content (AvgIpc) is 2.45. The summed E-state index contributed by atoms with van der Waals surface area (Å²) in [6.07, 6.45) is -0.00347. The summed E-state index contributed by atoms with van der Waals surface area (Å²) in [5.74, 6) is -5.05. The van der Waals surface area contributed by atoms with Gasteiger partial charge in [-0.15, -0.1) is 0 Å². The predicted molar refractivity (Wildman–Crippen MR) is 62.7 cm³/mol. The molecule has 0 spiro atoms. The second-order valence-electron chi connectivity index (χ2n) is 4.16. The molecule has 1 aromatic carbocycles. The summed E-state index contributed by atoms with van der Waals surface area (Å²) < 4.78 is 26.3. The Bertz CT molecular complexity index is 497. The molecule has 0 bridgehead atoms. The van der Waals surface area contributed by atoms with Crippen molar-refractivity contribution in [3.8, 4) is 0 Å². The lowest BCUT2D eigenvalue weighted by Gasteiger charge is -2.24. The van der Waals surface area contributed by atoms with Gasteiger partial charge in [-0.2, -0.15) is 8.78 Å². The zero-order valence-electron chi connectivity index (χ0n) is 9.74. The number of halogens is 2. The lowest BCUT2D eigenvalue weighted by Crippen LogP contribution is -2.42. The smallest absolute Gasteiger partial charge is 0.322 e. The Balaban J connectivity index is 2.43. The predicted octanol–water partition coefficient (Wildman–Crippen LogP) is 2.02. The minimum atomic E-state index is -3.46. The Kier molecular flexibility index (Phi) is 3.02. The number of amides is 2. The number of fused-ring (bicyclic) bond motifs is 1. The van der Waals surface area contributed by atoms with E-state index in [0.29, 0.717) is 18.3 Å². The fraction of sp³-hybridized carbons (Fsp3) is 0.333. The molecular formula is C12H12F2N2O2. The van der Waals surface area contributed by atoms with E-state index in [0.717, 1.165) is 4.90 Å². The molecule has 0 unspecified atom stereocenters. The molecule has 6 heteroatoms. The SMILES string of the molecule is CC(F)(F)C(=O)N1CCC(=O)Nc2ccccc21. The first-order valence-corrected chi connectivity index (χ1v) is 5.48. The first-order chi connectivity index (χ1) is 8.39. The number of rotatable bonds is 1. The number of hydrogen-bond acceptors (Lipinski definition) is 2. The standard InChI is InChI=1S/C12H12F2N2O2/c1-12(13,14)11(18)16-7-6-10(17)15-8-4-2-3-5-9(8)16/h2-5H,6-7H2,1H3,(H,15,17). The first kappa shape index (κ1) is 12.5. The zero-order chi connectivity index (χ0) is 13.3. The van der Waals surface area contributed by atoms with Crippen molar-refractivity contribution >= 4 is 23.2 Å². The van der Waals surface area contributed by atoms with E-state index in [1.165, 1.54) is 6.07 Å². The number of para-hydroxylation sites is 2. The minimum absolute atomic E-state index is 0.00347. The van der Waals surface area contributed by atoms with E-state index in [1.54, 1.807) is 18.2 Å². The molecule has 0 radical (unpaired) electrons. The number of nitrogens with one attached hydrogen (secondary N) is 1. The maximum absolute atomic E-state index is 13.1. The third-order valence-corrected chi connectivity index (χ3v) is 2.65. The molecule has 0 saturated carbocycles. The Morgan fingerprint density at radius 1 is 1.39 bits per heavy atom. The van der Waals surface area contributed by atoms with Crippen LogP contribution in [0.15, 0.2) is 24.3 Å². The van der Waals surface area contributed by atoms with Gasteiger partial charge in [0.15, 0.2) is 0 Å². The van der Waals surface area contributed by atoms with Crippen LogP contribution in [0.25, 0.3) is 0 Å². The third kappa shape index (κ3) is 2.32. The van der Waals surface area contributed by atoms with Crippen molar-refractivity contribution in [2.45, 2.75) is 19.3 Å². The fourth-order valence-electron chi connectivity index (χ4n) is 1.81. The number of nitrogens with zero attached hydrogens (tertiary/aromatic N) is 1. The highest BCUT2D eigenvalue weighted by molar-refractivity contribution is 6.05. The van der Waals surface area contributed by atoms with Gasteiger partial charge in [0.1, 0.15) is 0 Å². The Labute approximate surface area is 103 Å². The van der Waals surface area contributed by atoms with E-state index in [9.17, 15) is 18.4 Å². The summed E-state index contributed by atoms with van der Waals surface area (Å²) in [6.45, 7) is 0.503. The van der Waals surface area contributed by atoms with Gasteiger partial charge in [-0.1, -0.05) is 12.1 Å². The summed E-state index contributed by atoms with van der Waals surface area (Å²) in [4.78, 5) is 24.1. The van der Waals surface area contributed by atoms with Gasteiger partial charge in [-0.05, 0) is 12.1 Å². The summed E-state index contributed by atoms with van der Waals surface area (Å²) in [5, 5.41) is 2.58. The molecule has 2 amide bonds. The van der Waals surface area contributed by atoms with Crippen LogP contribution in [0.3, 0.4) is 0 Å². The van der Waals surface area contributed by atoms with Crippen LogP contribution in [0.4, 0.5) is 20.2 Å². The lowest BCUT2D eigenvalue weighted by molar-refractivity contribution is -0.140. The topological polar surface area (TPSA) is 49.4 Å². The molecule has 4 nitrogen and oxygen atoms in total. The average molecular weight is 254 g/mol. The van der Waals surface area contributed by atoms with Crippen molar-refractivity contribution in [1.82, 2.24) is 0 Å². The minimum Gasteiger partial charge on any atom is -0.324 e. The van der Waals surface area contributed by atoms with Crippen molar-refractivity contribution in [3.05, 3.63) is 24.3 Å². The van der Waals surface area contributed by atoms with E-state index in [1.807, 2.05) is 0 Å². The molecular weight excluding hydrogens is 242 g/mol. The molecule has 0 fully saturated rings. The van der Waals surface area contributed by atoms with Crippen molar-refractivity contribution in [2.24, 2.45) is 0 Å². The van der Waals surface area contributed by atoms with E-state index in [2.05, 4.69) is 5.32 Å². The van der Waals surface area contributed by atoms with Crippen LogP contribution < -0.4 is 10.2 Å². The fourth-order valence-corrected chi connectivity index (χ4v) is 1.81. The van der Waals surface area contributed by atoms with Gasteiger partial charge in [0.25, 0.3) is 5.91 Å². The van der Waals surface area contributed by atoms with E-state index in [4.69, 9.17) is 0 Å². The van der Waals surface area contributed by atoms with Gasteiger partial charge in [0, 0.05) is 19.9 Å². The molecule has 1 heterocycles. The third-order valence-electron chi connectivity index (χ3n) is 2.65. The van der Waals surface area contributed by atoms with Crippen LogP contribution in [-0.2, 0) is 9.59 Å². The maximum Gasteiger partial charge on any atom is 0.322 e. The molecule has 2 rings (SSSR count). The molecule has 1 N–H and O–H groups in total. The molecule has 0 aliphatic carbocycles. The van der Waals surface area contributed by atoms with E-state index < -0.39 is 11.8 Å². The summed E-state index contributed by atoms with van der Waals surface area (Å²) in [6, 6.07) is 6.40. The van der Waals surface area contributed by atoms with Gasteiger partial charge in [-0.3, -0.25) is 9.59 Å². The van der Waals surface area contributed by atoms with Gasteiger partial charge in [0.2, 0.25) is 5.91 Å². The number of carbonyl (C=O) groups excluding carboxylic acids is 2. The lowest BCUT2D eigenvalue weighted by atomic mass is 10.2. The van der Waals surface area contributed by atoms with E-state index >= 15 is 0 Å². The molecule has 96 valence electrons. The Hall–Kier alpha value is -1.98. The van der Waals surface area contributed by atoms with Crippen LogP contribution in [0.1, 0.15) is 13.3 Å². The normalized spacial score (nSPS) is 15.7. The van der Waals surface area contributed by atoms with Crippen molar-refractivity contribution < 1.29 is 18.4 Å². The number of carbonyl (C=O) groups is 2. The maximum atomic E-state index is 13.1. The van der Waals surface area contributed by atoms with Gasteiger partial charge in [-0.25, -0.2) is 0 Å². The van der Waals surface area contributed by atoms with Crippen LogP contribution in [0.5, 0.6) is 0 Å². The highest BCUT2D eigenvalue weighted by Gasteiger charge is 2.38. The Morgan fingerprint density at radius 3 is 2.72 bits per heavy atom. The van der Waals surface area contributed by atoms with Gasteiger partial charge < -0.3 is 10.2 Å². The number of hydrogen-bond donors (Lipinski definition) is 1. The second-order valence-corrected chi connectivity index (χ2v) is 4.16. The first-order valence-electron chi connectivity index (χ1n) is 5.48. The van der Waals surface area contributed by atoms with Crippen molar-refractivity contribution in [1.29, 1.82) is 0 Å². The highest BCUT2D eigenvalue weighted by atomic mass is 19.3. The van der Waals surface area contributed by atoms with Crippen molar-refractivity contribution in [2.75, 3.05) is 16.8 Å². The van der Waals surface area contributed by atoms with Crippen LogP contribution in [0, 0.1) is 0 Å². The molecule has 0 aromatic heterocycles. The molecule has 1 aromatic rings. The Morgan fingerprint density at radius 2 is 2.06 bits per heavy atom. The van der Waals surface area contributed by atoms with Crippen LogP contribution in [0.2, 0.25) is 0 Å². The van der Waals surface area contributed by atoms with Crippen LogP contribution >= 0.6 is 0 Å². The van der Waals surface area contributed by atoms with E-state index in [-0.39, 0.29) is 18.9 Å². The summed E-state index contributed by atoms with van der Waals surface area (Å²) in [5.41, 5.74) is 0.674. The molecule has 0 saturated heterocycles. The molecule has 1 aliphatic heterocycles. The summed E-state index contributed by atoms with van der Waals surface area (Å²) >= 11 is 0. The quantitative estimate of drug-likeness (QED) is 0.833. The second kappa shape index (κ2) is 4.36. The zero-order valence-corrected chi connectivity index (χ0v) is 9.74. The summed E-state index contributed by atoms with van der Waals surface area (Å²) in [7, 11) is 0. The monoisotopic (exact) mass is 254 g/mol. The molecule has 0 atom stereocenters. The number of anilines is 2. The van der Waals surface area contributed by atoms with Gasteiger partial charge >= 0.3 is 5.92 Å². The largest absolute Gasteiger partial charge is 0.324 e. The molecule has 18 heavy (non-hydrogen) atoms. The van der Waals surface area contributed by atoms with Crippen LogP contribution in [-0.4, -0.2) is 24.3 Å². The number of benzene rings is 1. The number of alkyl halides is 2.